The molecule has 3 aromatic rings. The maximum atomic E-state index is 12.4. The molecular weight excluding hydrogens is 611 g/mol. The molecule has 32 heavy (non-hydrogen) atoms. The molecule has 1 N–H and O–H groups in total. The van der Waals surface area contributed by atoms with Crippen LogP contribution >= 0.6 is 50.1 Å². The van der Waals surface area contributed by atoms with E-state index >= 15 is 0 Å². The molecule has 0 aromatic heterocycles. The van der Waals surface area contributed by atoms with Crippen molar-refractivity contribution in [3.63, 3.8) is 0 Å². The van der Waals surface area contributed by atoms with E-state index < -0.39 is 0 Å². The van der Waals surface area contributed by atoms with Crippen LogP contribution in [0.3, 0.4) is 0 Å². The summed E-state index contributed by atoms with van der Waals surface area (Å²) in [6, 6.07) is 16.2. The van der Waals surface area contributed by atoms with Gasteiger partial charge in [0.2, 0.25) is 0 Å². The molecule has 0 spiro atoms. The van der Waals surface area contributed by atoms with Crippen molar-refractivity contribution in [1.82, 2.24) is 5.43 Å². The Labute approximate surface area is 213 Å². The van der Waals surface area contributed by atoms with Crippen molar-refractivity contribution in [2.24, 2.45) is 5.10 Å². The molecule has 0 fully saturated rings. The Morgan fingerprint density at radius 3 is 2.47 bits per heavy atom. The standard InChI is InChI=1S/C23H19BrClIN2O4/c1-30-20-9-15(5-8-19(20)26)23(29)28-27-12-16-10-21(31-2)22(11-18(16)24)32-13-14-3-6-17(25)7-4-14/h3-12H,13H2,1-2H3,(H,28,29)/b27-12-. The third-order valence-corrected chi connectivity index (χ3v) is 6.20. The van der Waals surface area contributed by atoms with Crippen LogP contribution in [0.15, 0.2) is 64.2 Å². The molecule has 3 aromatic carbocycles. The summed E-state index contributed by atoms with van der Waals surface area (Å²) in [6.45, 7) is 0.364. The van der Waals surface area contributed by atoms with Gasteiger partial charge in [0.15, 0.2) is 11.5 Å². The molecule has 0 saturated carbocycles. The van der Waals surface area contributed by atoms with Gasteiger partial charge in [-0.05, 0) is 86.5 Å². The van der Waals surface area contributed by atoms with E-state index in [0.29, 0.717) is 40.0 Å². The van der Waals surface area contributed by atoms with Gasteiger partial charge in [-0.1, -0.05) is 23.7 Å². The highest BCUT2D eigenvalue weighted by atomic mass is 127. The van der Waals surface area contributed by atoms with E-state index in [1.807, 2.05) is 30.3 Å². The number of hydrogen-bond acceptors (Lipinski definition) is 5. The molecule has 0 radical (unpaired) electrons. The topological polar surface area (TPSA) is 69.2 Å². The average molecular weight is 630 g/mol. The fraction of sp³-hybridized carbons (Fsp3) is 0.130. The van der Waals surface area contributed by atoms with Gasteiger partial charge in [-0.15, -0.1) is 0 Å². The number of nitrogens with zero attached hydrogens (tertiary/aromatic N) is 1. The molecule has 6 nitrogen and oxygen atoms in total. The van der Waals surface area contributed by atoms with Gasteiger partial charge in [0, 0.05) is 20.6 Å². The Morgan fingerprint density at radius 1 is 1.06 bits per heavy atom. The average Bonchev–Trinajstić information content (AvgIpc) is 2.80. The molecule has 3 rings (SSSR count). The van der Waals surface area contributed by atoms with Crippen LogP contribution in [0.4, 0.5) is 0 Å². The number of rotatable bonds is 8. The van der Waals surface area contributed by atoms with Gasteiger partial charge < -0.3 is 14.2 Å². The molecule has 0 unspecified atom stereocenters. The molecule has 0 aliphatic heterocycles. The Hall–Kier alpha value is -2.30. The molecule has 0 heterocycles. The van der Waals surface area contributed by atoms with Crippen molar-refractivity contribution in [2.75, 3.05) is 14.2 Å². The first kappa shape index (κ1) is 24.3. The Morgan fingerprint density at radius 2 is 1.78 bits per heavy atom. The second-order valence-corrected chi connectivity index (χ2v) is 8.94. The first-order valence-corrected chi connectivity index (χ1v) is 11.6. The minimum Gasteiger partial charge on any atom is -0.496 e. The molecule has 0 aliphatic rings. The Bertz CT molecular complexity index is 1140. The number of halogens is 3. The van der Waals surface area contributed by atoms with Crippen molar-refractivity contribution < 1.29 is 19.0 Å². The fourth-order valence-electron chi connectivity index (χ4n) is 2.69. The Balaban J connectivity index is 1.69. The zero-order chi connectivity index (χ0) is 23.1. The molecule has 1 amide bonds. The van der Waals surface area contributed by atoms with Gasteiger partial charge in [0.05, 0.1) is 24.0 Å². The van der Waals surface area contributed by atoms with E-state index in [9.17, 15) is 4.79 Å². The second kappa shape index (κ2) is 11.5. The number of hydrogen-bond donors (Lipinski definition) is 1. The summed E-state index contributed by atoms with van der Waals surface area (Å²) in [6.07, 6.45) is 1.53. The van der Waals surface area contributed by atoms with Crippen molar-refractivity contribution in [2.45, 2.75) is 6.61 Å². The van der Waals surface area contributed by atoms with Crippen molar-refractivity contribution >= 4 is 62.2 Å². The van der Waals surface area contributed by atoms with E-state index in [0.717, 1.165) is 13.6 Å². The minimum atomic E-state index is -0.345. The lowest BCUT2D eigenvalue weighted by molar-refractivity contribution is 0.0954. The van der Waals surface area contributed by atoms with E-state index in [1.165, 1.54) is 6.21 Å². The van der Waals surface area contributed by atoms with Gasteiger partial charge in [-0.2, -0.15) is 5.10 Å². The van der Waals surface area contributed by atoms with E-state index in [2.05, 4.69) is 49.0 Å². The van der Waals surface area contributed by atoms with E-state index in [-0.39, 0.29) is 5.91 Å². The van der Waals surface area contributed by atoms with Crippen molar-refractivity contribution in [3.05, 3.63) is 84.4 Å². The number of carbonyl (C=O) groups is 1. The van der Waals surface area contributed by atoms with Crippen molar-refractivity contribution in [3.8, 4) is 17.2 Å². The monoisotopic (exact) mass is 628 g/mol. The molecule has 0 saturated heterocycles. The predicted molar refractivity (Wildman–Crippen MR) is 137 cm³/mol. The highest BCUT2D eigenvalue weighted by Gasteiger charge is 2.11. The van der Waals surface area contributed by atoms with Gasteiger partial charge in [-0.25, -0.2) is 5.43 Å². The Kier molecular flexibility index (Phi) is 8.77. The van der Waals surface area contributed by atoms with Gasteiger partial charge in [0.1, 0.15) is 12.4 Å². The third kappa shape index (κ3) is 6.36. The SMILES string of the molecule is COc1cc(C(=O)N/N=C\c2cc(OC)c(OCc3ccc(Cl)cc3)cc2Br)ccc1I. The number of benzene rings is 3. The minimum absolute atomic E-state index is 0.345. The molecule has 166 valence electrons. The van der Waals surface area contributed by atoms with Crippen LogP contribution in [0.1, 0.15) is 21.5 Å². The molecule has 9 heteroatoms. The number of methoxy groups -OCH3 is 2. The first-order chi connectivity index (χ1) is 15.4. The summed E-state index contributed by atoms with van der Waals surface area (Å²) >= 11 is 11.6. The van der Waals surface area contributed by atoms with Crippen LogP contribution in [0.25, 0.3) is 0 Å². The summed E-state index contributed by atoms with van der Waals surface area (Å²) in [5, 5.41) is 4.73. The second-order valence-electron chi connectivity index (χ2n) is 6.49. The summed E-state index contributed by atoms with van der Waals surface area (Å²) in [5.74, 6) is 1.39. The third-order valence-electron chi connectivity index (χ3n) is 4.37. The summed E-state index contributed by atoms with van der Waals surface area (Å²) in [4.78, 5) is 12.4. The van der Waals surface area contributed by atoms with Gasteiger partial charge in [0.25, 0.3) is 5.91 Å². The van der Waals surface area contributed by atoms with Crippen LogP contribution in [0.5, 0.6) is 17.2 Å². The number of amides is 1. The van der Waals surface area contributed by atoms with Crippen LogP contribution in [0, 0.1) is 3.57 Å². The van der Waals surface area contributed by atoms with Crippen LogP contribution < -0.4 is 19.6 Å². The maximum absolute atomic E-state index is 12.4. The smallest absolute Gasteiger partial charge is 0.271 e. The molecular formula is C23H19BrClIN2O4. The van der Waals surface area contributed by atoms with Gasteiger partial charge >= 0.3 is 0 Å². The lowest BCUT2D eigenvalue weighted by atomic mass is 10.2. The summed E-state index contributed by atoms with van der Waals surface area (Å²) < 4.78 is 18.3. The number of ether oxygens (including phenoxy) is 3. The molecule has 0 atom stereocenters. The quantitative estimate of drug-likeness (QED) is 0.187. The molecule has 0 aliphatic carbocycles. The highest BCUT2D eigenvalue weighted by Crippen LogP contribution is 2.33. The number of carbonyl (C=O) groups excluding carboxylic acids is 1. The van der Waals surface area contributed by atoms with E-state index in [1.54, 1.807) is 38.5 Å². The lowest BCUT2D eigenvalue weighted by Gasteiger charge is -2.13. The zero-order valence-electron chi connectivity index (χ0n) is 17.2. The predicted octanol–water partition coefficient (Wildman–Crippen LogP) is 6.07. The highest BCUT2D eigenvalue weighted by molar-refractivity contribution is 14.1. The summed E-state index contributed by atoms with van der Waals surface area (Å²) in [7, 11) is 3.12. The number of nitrogens with one attached hydrogen (secondary N) is 1. The van der Waals surface area contributed by atoms with Crippen molar-refractivity contribution in [1.29, 1.82) is 0 Å². The van der Waals surface area contributed by atoms with Gasteiger partial charge in [-0.3, -0.25) is 4.79 Å². The largest absolute Gasteiger partial charge is 0.496 e. The van der Waals surface area contributed by atoms with E-state index in [4.69, 9.17) is 25.8 Å². The van der Waals surface area contributed by atoms with Crippen LogP contribution in [-0.2, 0) is 6.61 Å². The number of hydrazone groups is 1. The lowest BCUT2D eigenvalue weighted by Crippen LogP contribution is -2.17. The maximum Gasteiger partial charge on any atom is 0.271 e. The first-order valence-electron chi connectivity index (χ1n) is 9.33. The normalized spacial score (nSPS) is 10.8. The fourth-order valence-corrected chi connectivity index (χ4v) is 3.80. The van der Waals surface area contributed by atoms with Crippen LogP contribution in [-0.4, -0.2) is 26.3 Å². The summed E-state index contributed by atoms with van der Waals surface area (Å²) in [5.41, 5.74) is 4.65. The van der Waals surface area contributed by atoms with Crippen LogP contribution in [0.2, 0.25) is 5.02 Å². The molecule has 0 bridgehead atoms. The zero-order valence-corrected chi connectivity index (χ0v) is 21.7.